The van der Waals surface area contributed by atoms with Gasteiger partial charge in [0, 0.05) is 11.5 Å². The summed E-state index contributed by atoms with van der Waals surface area (Å²) in [5.74, 6) is 3.48. The first-order chi connectivity index (χ1) is 20.7. The molecule has 5 aliphatic rings. The van der Waals surface area contributed by atoms with Gasteiger partial charge in [0.1, 0.15) is 5.75 Å². The summed E-state index contributed by atoms with van der Waals surface area (Å²) >= 11 is 0. The van der Waals surface area contributed by atoms with Gasteiger partial charge in [0.15, 0.2) is 0 Å². The smallest absolute Gasteiger partial charge is 0.330 e. The van der Waals surface area contributed by atoms with E-state index in [2.05, 4.69) is 48.1 Å². The number of hydrogen-bond acceptors (Lipinski definition) is 4. The zero-order valence-electron chi connectivity index (χ0n) is 28.6. The fourth-order valence-corrected chi connectivity index (χ4v) is 12.7. The molecule has 0 radical (unpaired) electrons. The number of hydrogen-bond donors (Lipinski definition) is 1. The minimum Gasteiger partial charge on any atom is -0.497 e. The van der Waals surface area contributed by atoms with E-state index in [1.165, 1.54) is 37.7 Å². The number of carbonyl (C=O) groups is 1. The molecule has 0 bridgehead atoms. The van der Waals surface area contributed by atoms with E-state index in [9.17, 15) is 9.90 Å². The van der Waals surface area contributed by atoms with Crippen molar-refractivity contribution < 1.29 is 19.4 Å². The second-order valence-electron chi connectivity index (χ2n) is 17.1. The van der Waals surface area contributed by atoms with Gasteiger partial charge >= 0.3 is 5.97 Å². The number of aliphatic hydroxyl groups is 1. The van der Waals surface area contributed by atoms with Gasteiger partial charge in [-0.2, -0.15) is 0 Å². The molecule has 5 aliphatic carbocycles. The Labute approximate surface area is 267 Å². The molecule has 5 fully saturated rings. The second kappa shape index (κ2) is 11.0. The van der Waals surface area contributed by atoms with Gasteiger partial charge in [-0.1, -0.05) is 58.9 Å². The molecule has 6 rings (SSSR count). The van der Waals surface area contributed by atoms with Crippen molar-refractivity contribution in [3.05, 3.63) is 48.1 Å². The molecule has 5 saturated carbocycles. The van der Waals surface area contributed by atoms with Gasteiger partial charge < -0.3 is 14.6 Å². The minimum atomic E-state index is -0.245. The van der Waals surface area contributed by atoms with Crippen molar-refractivity contribution in [2.75, 3.05) is 13.7 Å². The Morgan fingerprint density at radius 1 is 0.909 bits per heavy atom. The zero-order chi connectivity index (χ0) is 31.7. The van der Waals surface area contributed by atoms with Gasteiger partial charge in [-0.05, 0) is 146 Å². The topological polar surface area (TPSA) is 55.8 Å². The molecule has 10 atom stereocenters. The summed E-state index contributed by atoms with van der Waals surface area (Å²) in [6, 6.07) is 7.72. The standard InChI is InChI=1S/C40H58O4/c1-26(2)29-17-22-40(25-44-34(42)16-11-27-9-12-28(43-8)13-10-27)24-23-38(6)30(35(29)40)14-15-32-37(5)20-19-33(41)36(3,4)31(37)18-21-39(32,38)7/h9-13,16,29-33,35,41H,1,14-15,17-25H2,2-8H3/b16-11+/t29-,30+,31-,32+,33-,35-,37-,38+,39+,40+/m0/s1. The second-order valence-corrected chi connectivity index (χ2v) is 17.1. The highest BCUT2D eigenvalue weighted by Crippen LogP contribution is 2.77. The van der Waals surface area contributed by atoms with E-state index < -0.39 is 0 Å². The van der Waals surface area contributed by atoms with Crippen LogP contribution >= 0.6 is 0 Å². The van der Waals surface area contributed by atoms with Gasteiger partial charge in [-0.25, -0.2) is 4.79 Å². The lowest BCUT2D eigenvalue weighted by Crippen LogP contribution is -2.66. The lowest BCUT2D eigenvalue weighted by atomic mass is 9.32. The van der Waals surface area contributed by atoms with E-state index in [1.807, 2.05) is 30.3 Å². The van der Waals surface area contributed by atoms with Crippen molar-refractivity contribution in [1.82, 2.24) is 0 Å². The van der Waals surface area contributed by atoms with Gasteiger partial charge in [0.2, 0.25) is 0 Å². The number of benzene rings is 1. The molecule has 0 saturated heterocycles. The lowest BCUT2D eigenvalue weighted by Gasteiger charge is -2.73. The molecule has 4 heteroatoms. The molecule has 242 valence electrons. The van der Waals surface area contributed by atoms with E-state index in [-0.39, 0.29) is 39.1 Å². The summed E-state index contributed by atoms with van der Waals surface area (Å²) < 4.78 is 11.4. The van der Waals surface area contributed by atoms with Gasteiger partial charge in [-0.15, -0.1) is 0 Å². The lowest BCUT2D eigenvalue weighted by molar-refractivity contribution is -0.249. The van der Waals surface area contributed by atoms with E-state index >= 15 is 0 Å². The molecule has 1 N–H and O–H groups in total. The predicted molar refractivity (Wildman–Crippen MR) is 178 cm³/mol. The summed E-state index contributed by atoms with van der Waals surface area (Å²) in [6.45, 7) is 19.9. The molecule has 1 aromatic carbocycles. The number of carbonyl (C=O) groups excluding carboxylic acids is 1. The molecular formula is C40H58O4. The molecule has 0 aromatic heterocycles. The number of ether oxygens (including phenoxy) is 2. The van der Waals surface area contributed by atoms with Gasteiger partial charge in [0.25, 0.3) is 0 Å². The fourth-order valence-electron chi connectivity index (χ4n) is 12.7. The molecule has 0 heterocycles. The van der Waals surface area contributed by atoms with Crippen LogP contribution < -0.4 is 4.74 Å². The summed E-state index contributed by atoms with van der Waals surface area (Å²) in [7, 11) is 1.66. The maximum Gasteiger partial charge on any atom is 0.330 e. The third-order valence-corrected chi connectivity index (χ3v) is 15.2. The van der Waals surface area contributed by atoms with Crippen LogP contribution in [0, 0.1) is 56.7 Å². The highest BCUT2D eigenvalue weighted by molar-refractivity contribution is 5.87. The van der Waals surface area contributed by atoms with Crippen LogP contribution in [-0.2, 0) is 9.53 Å². The van der Waals surface area contributed by atoms with Gasteiger partial charge in [0.05, 0.1) is 19.8 Å². The van der Waals surface area contributed by atoms with Crippen LogP contribution in [0.1, 0.15) is 111 Å². The Hall–Kier alpha value is -2.07. The van der Waals surface area contributed by atoms with Crippen molar-refractivity contribution >= 4 is 12.0 Å². The summed E-state index contributed by atoms with van der Waals surface area (Å²) in [5, 5.41) is 11.0. The van der Waals surface area contributed by atoms with E-state index in [1.54, 1.807) is 13.2 Å². The number of aliphatic hydroxyl groups excluding tert-OH is 1. The third kappa shape index (κ3) is 4.66. The fraction of sp³-hybridized carbons (Fsp3) is 0.725. The van der Waals surface area contributed by atoms with Crippen LogP contribution in [0.15, 0.2) is 42.5 Å². The van der Waals surface area contributed by atoms with Crippen LogP contribution in [0.25, 0.3) is 6.08 Å². The quantitative estimate of drug-likeness (QED) is 0.200. The van der Waals surface area contributed by atoms with Crippen LogP contribution in [0.2, 0.25) is 0 Å². The minimum absolute atomic E-state index is 0.0179. The van der Waals surface area contributed by atoms with E-state index in [0.717, 1.165) is 43.4 Å². The van der Waals surface area contributed by atoms with Gasteiger partial charge in [-0.3, -0.25) is 0 Å². The average Bonchev–Trinajstić information content (AvgIpc) is 3.38. The highest BCUT2D eigenvalue weighted by Gasteiger charge is 2.71. The first-order valence-corrected chi connectivity index (χ1v) is 17.5. The Morgan fingerprint density at radius 3 is 2.32 bits per heavy atom. The van der Waals surface area contributed by atoms with Crippen molar-refractivity contribution in [3.8, 4) is 5.75 Å². The third-order valence-electron chi connectivity index (χ3n) is 15.2. The Kier molecular flexibility index (Phi) is 7.99. The number of allylic oxidation sites excluding steroid dienone is 1. The number of esters is 1. The van der Waals surface area contributed by atoms with Crippen LogP contribution in [0.3, 0.4) is 0 Å². The molecule has 44 heavy (non-hydrogen) atoms. The molecular weight excluding hydrogens is 544 g/mol. The normalized spacial score (nSPS) is 44.2. The highest BCUT2D eigenvalue weighted by atomic mass is 16.5. The Morgan fingerprint density at radius 2 is 1.64 bits per heavy atom. The van der Waals surface area contributed by atoms with Crippen molar-refractivity contribution in [2.24, 2.45) is 56.7 Å². The maximum absolute atomic E-state index is 13.0. The SMILES string of the molecule is C=C(C)[C@@H]1CC[C@]2(COC(=O)/C=C/c3ccc(OC)cc3)CC[C@]3(C)[C@H](CC[C@@H]4[C@@]5(C)CC[C@H](O)C(C)(C)[C@@H]5CC[C@]43C)[C@H]12. The Bertz CT molecular complexity index is 1290. The Balaban J connectivity index is 1.25. The maximum atomic E-state index is 13.0. The van der Waals surface area contributed by atoms with Crippen molar-refractivity contribution in [3.63, 3.8) is 0 Å². The van der Waals surface area contributed by atoms with Crippen LogP contribution in [0.4, 0.5) is 0 Å². The molecule has 0 spiro atoms. The average molecular weight is 603 g/mol. The molecule has 0 aliphatic heterocycles. The summed E-state index contributed by atoms with van der Waals surface area (Å²) in [5.41, 5.74) is 3.13. The zero-order valence-corrected chi connectivity index (χ0v) is 28.6. The van der Waals surface area contributed by atoms with E-state index in [4.69, 9.17) is 9.47 Å². The first-order valence-electron chi connectivity index (χ1n) is 17.5. The summed E-state index contributed by atoms with van der Waals surface area (Å²) in [6.07, 6.45) is 15.0. The molecule has 0 amide bonds. The number of rotatable bonds is 6. The monoisotopic (exact) mass is 602 g/mol. The molecule has 1 aromatic rings. The van der Waals surface area contributed by atoms with Crippen molar-refractivity contribution in [2.45, 2.75) is 112 Å². The molecule has 4 nitrogen and oxygen atoms in total. The first kappa shape index (κ1) is 31.9. The van der Waals surface area contributed by atoms with Crippen molar-refractivity contribution in [1.29, 1.82) is 0 Å². The summed E-state index contributed by atoms with van der Waals surface area (Å²) in [4.78, 5) is 13.0. The van der Waals surface area contributed by atoms with Crippen LogP contribution in [-0.4, -0.2) is 30.9 Å². The molecule has 0 unspecified atom stereocenters. The number of fused-ring (bicyclic) bond motifs is 7. The van der Waals surface area contributed by atoms with E-state index in [0.29, 0.717) is 36.2 Å². The predicted octanol–water partition coefficient (Wildman–Crippen LogP) is 9.27. The van der Waals surface area contributed by atoms with Crippen LogP contribution in [0.5, 0.6) is 5.75 Å². The number of methoxy groups -OCH3 is 1. The largest absolute Gasteiger partial charge is 0.497 e.